The Balaban J connectivity index is 2.29. The molecular formula is C14H24N2OS. The number of hydrogen-bond acceptors (Lipinski definition) is 4. The summed E-state index contributed by atoms with van der Waals surface area (Å²) in [6.07, 6.45) is 3.49. The first-order valence-corrected chi connectivity index (χ1v) is 7.09. The number of rotatable bonds is 8. The molecule has 0 heterocycles. The first-order valence-electron chi connectivity index (χ1n) is 6.68. The number of anilines is 1. The fourth-order valence-corrected chi connectivity index (χ4v) is 2.48. The maximum Gasteiger partial charge on any atom is 0.220 e. The van der Waals surface area contributed by atoms with Gasteiger partial charge in [0, 0.05) is 13.6 Å². The average molecular weight is 268 g/mol. The minimum atomic E-state index is 0.0492. The highest BCUT2D eigenvalue weighted by Crippen LogP contribution is 2.18. The third kappa shape index (κ3) is 3.62. The van der Waals surface area contributed by atoms with Crippen LogP contribution in [0.4, 0.5) is 5.69 Å². The summed E-state index contributed by atoms with van der Waals surface area (Å²) in [7, 11) is 4.14. The van der Waals surface area contributed by atoms with Gasteiger partial charge in [0.2, 0.25) is 5.43 Å². The SMILES string of the molecule is CCCN(C)CCCCN(C)c1c(C)c(=S)c1=O. The monoisotopic (exact) mass is 268 g/mol. The van der Waals surface area contributed by atoms with E-state index < -0.39 is 0 Å². The Bertz CT molecular complexity index is 449. The van der Waals surface area contributed by atoms with Crippen LogP contribution < -0.4 is 10.3 Å². The van der Waals surface area contributed by atoms with Crippen LogP contribution in [-0.2, 0) is 0 Å². The van der Waals surface area contributed by atoms with Crippen molar-refractivity contribution >= 4 is 17.9 Å². The molecule has 0 spiro atoms. The molecule has 0 unspecified atom stereocenters. The molecule has 0 saturated heterocycles. The Morgan fingerprint density at radius 3 is 2.28 bits per heavy atom. The molecule has 0 atom stereocenters. The second-order valence-corrected chi connectivity index (χ2v) is 5.47. The highest BCUT2D eigenvalue weighted by Gasteiger charge is 2.16. The lowest BCUT2D eigenvalue weighted by Crippen LogP contribution is -2.30. The zero-order valence-electron chi connectivity index (χ0n) is 12.0. The largest absolute Gasteiger partial charge is 0.371 e. The van der Waals surface area contributed by atoms with Crippen molar-refractivity contribution < 1.29 is 0 Å². The van der Waals surface area contributed by atoms with Crippen LogP contribution >= 0.6 is 12.2 Å². The van der Waals surface area contributed by atoms with E-state index in [0.717, 1.165) is 37.3 Å². The van der Waals surface area contributed by atoms with Gasteiger partial charge in [-0.25, -0.2) is 0 Å². The lowest BCUT2D eigenvalue weighted by atomic mass is 10.1. The van der Waals surface area contributed by atoms with Crippen LogP contribution in [0.1, 0.15) is 31.7 Å². The fourth-order valence-electron chi connectivity index (χ4n) is 2.29. The van der Waals surface area contributed by atoms with Gasteiger partial charge in [0.25, 0.3) is 0 Å². The van der Waals surface area contributed by atoms with Crippen molar-refractivity contribution in [2.24, 2.45) is 0 Å². The lowest BCUT2D eigenvalue weighted by molar-refractivity contribution is 0.327. The van der Waals surface area contributed by atoms with Crippen LogP contribution in [0.25, 0.3) is 0 Å². The summed E-state index contributed by atoms with van der Waals surface area (Å²) >= 11 is 4.98. The quantitative estimate of drug-likeness (QED) is 0.534. The summed E-state index contributed by atoms with van der Waals surface area (Å²) in [6, 6.07) is 0. The molecular weight excluding hydrogens is 244 g/mol. The molecule has 1 aromatic rings. The van der Waals surface area contributed by atoms with Crippen molar-refractivity contribution in [1.82, 2.24) is 4.90 Å². The standard InChI is InChI=1S/C14H24N2OS/c1-5-8-15(3)9-6-7-10-16(4)12-11(2)14(18)13(12)17/h5-10H2,1-4H3. The third-order valence-electron chi connectivity index (χ3n) is 3.39. The molecule has 4 heteroatoms. The molecule has 0 aromatic heterocycles. The van der Waals surface area contributed by atoms with Gasteiger partial charge in [0.15, 0.2) is 0 Å². The van der Waals surface area contributed by atoms with Gasteiger partial charge in [0.05, 0.1) is 10.2 Å². The van der Waals surface area contributed by atoms with E-state index in [4.69, 9.17) is 12.2 Å². The predicted molar refractivity (Wildman–Crippen MR) is 80.9 cm³/mol. The first-order chi connectivity index (χ1) is 8.49. The third-order valence-corrected chi connectivity index (χ3v) is 3.88. The topological polar surface area (TPSA) is 23.6 Å². The molecule has 1 rings (SSSR count). The van der Waals surface area contributed by atoms with Gasteiger partial charge in [-0.3, -0.25) is 4.79 Å². The van der Waals surface area contributed by atoms with E-state index in [-0.39, 0.29) is 5.43 Å². The van der Waals surface area contributed by atoms with E-state index >= 15 is 0 Å². The van der Waals surface area contributed by atoms with Gasteiger partial charge < -0.3 is 9.80 Å². The summed E-state index contributed by atoms with van der Waals surface area (Å²) in [5.41, 5.74) is 1.86. The van der Waals surface area contributed by atoms with E-state index in [1.807, 2.05) is 18.9 Å². The Kier molecular flexibility index (Phi) is 5.96. The van der Waals surface area contributed by atoms with Crippen molar-refractivity contribution in [1.29, 1.82) is 0 Å². The maximum atomic E-state index is 11.6. The minimum absolute atomic E-state index is 0.0492. The van der Waals surface area contributed by atoms with Crippen LogP contribution in [-0.4, -0.2) is 38.6 Å². The van der Waals surface area contributed by atoms with Gasteiger partial charge in [-0.1, -0.05) is 19.1 Å². The van der Waals surface area contributed by atoms with E-state index in [2.05, 4.69) is 18.9 Å². The summed E-state index contributed by atoms with van der Waals surface area (Å²) in [5.74, 6) is 0. The molecule has 0 fully saturated rings. The number of nitrogens with zero attached hydrogens (tertiary/aromatic N) is 2. The van der Waals surface area contributed by atoms with Crippen molar-refractivity contribution in [2.45, 2.75) is 33.1 Å². The van der Waals surface area contributed by atoms with Gasteiger partial charge >= 0.3 is 0 Å². The Morgan fingerprint density at radius 1 is 1.11 bits per heavy atom. The molecule has 0 amide bonds. The zero-order chi connectivity index (χ0) is 13.7. The maximum absolute atomic E-state index is 11.6. The van der Waals surface area contributed by atoms with Crippen molar-refractivity contribution in [3.05, 3.63) is 20.3 Å². The first kappa shape index (κ1) is 15.3. The highest BCUT2D eigenvalue weighted by atomic mass is 32.1. The van der Waals surface area contributed by atoms with E-state index in [1.165, 1.54) is 12.8 Å². The predicted octanol–water partition coefficient (Wildman–Crippen LogP) is 2.52. The molecule has 18 heavy (non-hydrogen) atoms. The Hall–Kier alpha value is -0.740. The molecule has 0 bridgehead atoms. The smallest absolute Gasteiger partial charge is 0.220 e. The van der Waals surface area contributed by atoms with Crippen LogP contribution in [0.15, 0.2) is 4.79 Å². The van der Waals surface area contributed by atoms with Crippen LogP contribution in [0.2, 0.25) is 0 Å². The lowest BCUT2D eigenvalue weighted by Gasteiger charge is -2.23. The molecule has 0 radical (unpaired) electrons. The average Bonchev–Trinajstić information content (AvgIpc) is 2.35. The molecule has 0 saturated carbocycles. The van der Waals surface area contributed by atoms with Gasteiger partial charge in [-0.15, -0.1) is 0 Å². The van der Waals surface area contributed by atoms with Crippen molar-refractivity contribution in [3.63, 3.8) is 0 Å². The van der Waals surface area contributed by atoms with Crippen LogP contribution in [0.3, 0.4) is 0 Å². The van der Waals surface area contributed by atoms with E-state index in [9.17, 15) is 4.79 Å². The van der Waals surface area contributed by atoms with Crippen LogP contribution in [0.5, 0.6) is 0 Å². The van der Waals surface area contributed by atoms with Crippen molar-refractivity contribution in [2.75, 3.05) is 38.6 Å². The highest BCUT2D eigenvalue weighted by molar-refractivity contribution is 7.71. The number of unbranched alkanes of at least 4 members (excludes halogenated alkanes) is 1. The van der Waals surface area contributed by atoms with E-state index in [0.29, 0.717) is 4.51 Å². The second kappa shape index (κ2) is 7.00. The van der Waals surface area contributed by atoms with Crippen molar-refractivity contribution in [3.8, 4) is 0 Å². The summed E-state index contributed by atoms with van der Waals surface area (Å²) in [5, 5.41) is 0. The molecule has 0 aliphatic heterocycles. The normalized spacial score (nSPS) is 11.4. The summed E-state index contributed by atoms with van der Waals surface area (Å²) < 4.78 is 0.513. The fraction of sp³-hybridized carbons (Fsp3) is 0.714. The second-order valence-electron chi connectivity index (χ2n) is 5.06. The molecule has 0 aliphatic carbocycles. The van der Waals surface area contributed by atoms with Gasteiger partial charge in [-0.05, 0) is 51.9 Å². The zero-order valence-corrected chi connectivity index (χ0v) is 12.8. The van der Waals surface area contributed by atoms with Gasteiger partial charge in [-0.2, -0.15) is 0 Å². The number of hydrogen-bond donors (Lipinski definition) is 0. The molecule has 1 aromatic carbocycles. The van der Waals surface area contributed by atoms with E-state index in [1.54, 1.807) is 0 Å². The molecule has 0 N–H and O–H groups in total. The summed E-state index contributed by atoms with van der Waals surface area (Å²) in [6.45, 7) is 7.36. The minimum Gasteiger partial charge on any atom is -0.371 e. The van der Waals surface area contributed by atoms with Gasteiger partial charge in [0.1, 0.15) is 0 Å². The Morgan fingerprint density at radius 2 is 1.72 bits per heavy atom. The molecule has 102 valence electrons. The van der Waals surface area contributed by atoms with Crippen LogP contribution in [0, 0.1) is 11.4 Å². The molecule has 0 aliphatic rings. The Labute approximate surface area is 115 Å². The summed E-state index contributed by atoms with van der Waals surface area (Å²) in [4.78, 5) is 16.0. The molecule has 3 nitrogen and oxygen atoms in total.